The van der Waals surface area contributed by atoms with Crippen LogP contribution < -0.4 is 11.1 Å². The van der Waals surface area contributed by atoms with Gasteiger partial charge in [0, 0.05) is 13.1 Å². The number of ether oxygens (including phenoxy) is 1. The molecule has 0 saturated carbocycles. The van der Waals surface area contributed by atoms with E-state index in [0.29, 0.717) is 22.2 Å². The normalized spacial score (nSPS) is 16.2. The SMILES string of the molecule is CC(C)(NC(=O)c1coc(CN2CCOCC2)c1)c1nnc(N)s1. The van der Waals surface area contributed by atoms with Crippen LogP contribution in [0.2, 0.25) is 0 Å². The molecule has 0 atom stereocenters. The maximum absolute atomic E-state index is 12.5. The van der Waals surface area contributed by atoms with E-state index in [1.165, 1.54) is 17.6 Å². The van der Waals surface area contributed by atoms with E-state index in [0.717, 1.165) is 32.1 Å². The van der Waals surface area contributed by atoms with Crippen LogP contribution in [0.25, 0.3) is 0 Å². The lowest BCUT2D eigenvalue weighted by atomic mass is 10.1. The third-order valence-electron chi connectivity index (χ3n) is 3.80. The smallest absolute Gasteiger partial charge is 0.255 e. The monoisotopic (exact) mass is 351 g/mol. The molecular weight excluding hydrogens is 330 g/mol. The molecule has 3 heterocycles. The lowest BCUT2D eigenvalue weighted by Gasteiger charge is -2.25. The Bertz CT molecular complexity index is 706. The van der Waals surface area contributed by atoms with Crippen molar-refractivity contribution < 1.29 is 13.9 Å². The van der Waals surface area contributed by atoms with E-state index in [1.54, 1.807) is 6.07 Å². The number of morpholine rings is 1. The Hall–Kier alpha value is -1.97. The summed E-state index contributed by atoms with van der Waals surface area (Å²) in [5.41, 5.74) is 5.44. The van der Waals surface area contributed by atoms with Crippen molar-refractivity contribution in [1.82, 2.24) is 20.4 Å². The Balaban J connectivity index is 1.62. The number of aromatic nitrogens is 2. The van der Waals surface area contributed by atoms with Gasteiger partial charge in [-0.3, -0.25) is 9.69 Å². The maximum atomic E-state index is 12.5. The van der Waals surface area contributed by atoms with Crippen LogP contribution in [0, 0.1) is 0 Å². The number of hydrogen-bond acceptors (Lipinski definition) is 8. The first-order valence-corrected chi connectivity index (χ1v) is 8.55. The highest BCUT2D eigenvalue weighted by Crippen LogP contribution is 2.25. The van der Waals surface area contributed by atoms with Crippen LogP contribution in [0.1, 0.15) is 35.0 Å². The van der Waals surface area contributed by atoms with Crippen LogP contribution in [-0.2, 0) is 16.8 Å². The van der Waals surface area contributed by atoms with Crippen LogP contribution in [0.5, 0.6) is 0 Å². The second-order valence-electron chi connectivity index (χ2n) is 6.21. The predicted octanol–water partition coefficient (Wildman–Crippen LogP) is 1.21. The summed E-state index contributed by atoms with van der Waals surface area (Å²) in [6, 6.07) is 1.77. The average Bonchev–Trinajstić information content (AvgIpc) is 3.17. The molecule has 24 heavy (non-hydrogen) atoms. The number of hydrogen-bond donors (Lipinski definition) is 2. The van der Waals surface area contributed by atoms with Gasteiger partial charge in [-0.15, -0.1) is 10.2 Å². The van der Waals surface area contributed by atoms with Crippen LogP contribution in [0.4, 0.5) is 5.13 Å². The molecule has 130 valence electrons. The Kier molecular flexibility index (Phi) is 4.83. The minimum absolute atomic E-state index is 0.217. The van der Waals surface area contributed by atoms with E-state index in [4.69, 9.17) is 14.9 Å². The van der Waals surface area contributed by atoms with Gasteiger partial charge in [0.15, 0.2) is 0 Å². The van der Waals surface area contributed by atoms with Crippen LogP contribution in [0.15, 0.2) is 16.7 Å². The molecule has 0 spiro atoms. The van der Waals surface area contributed by atoms with Crippen molar-refractivity contribution >= 4 is 22.4 Å². The number of rotatable bonds is 5. The van der Waals surface area contributed by atoms with E-state index in [2.05, 4.69) is 20.4 Å². The molecule has 1 fully saturated rings. The Morgan fingerprint density at radius 1 is 1.42 bits per heavy atom. The molecule has 0 aromatic carbocycles. The van der Waals surface area contributed by atoms with E-state index < -0.39 is 5.54 Å². The maximum Gasteiger partial charge on any atom is 0.255 e. The Morgan fingerprint density at radius 3 is 2.83 bits per heavy atom. The van der Waals surface area contributed by atoms with Gasteiger partial charge in [0.25, 0.3) is 5.91 Å². The first kappa shape index (κ1) is 16.9. The predicted molar refractivity (Wildman–Crippen MR) is 89.6 cm³/mol. The molecule has 1 amide bonds. The summed E-state index contributed by atoms with van der Waals surface area (Å²) in [6.07, 6.45) is 1.48. The van der Waals surface area contributed by atoms with E-state index in [1.807, 2.05) is 13.8 Å². The molecule has 9 heteroatoms. The molecule has 8 nitrogen and oxygen atoms in total. The topological polar surface area (TPSA) is 107 Å². The highest BCUT2D eigenvalue weighted by molar-refractivity contribution is 7.15. The summed E-state index contributed by atoms with van der Waals surface area (Å²) in [7, 11) is 0. The summed E-state index contributed by atoms with van der Waals surface area (Å²) in [4.78, 5) is 14.7. The van der Waals surface area contributed by atoms with Gasteiger partial charge in [0.2, 0.25) is 5.13 Å². The van der Waals surface area contributed by atoms with E-state index in [9.17, 15) is 4.79 Å². The van der Waals surface area contributed by atoms with Gasteiger partial charge < -0.3 is 20.2 Å². The third kappa shape index (κ3) is 3.92. The largest absolute Gasteiger partial charge is 0.467 e. The number of nitrogens with two attached hydrogens (primary N) is 1. The Labute approximate surface area is 144 Å². The lowest BCUT2D eigenvalue weighted by molar-refractivity contribution is 0.0313. The van der Waals surface area contributed by atoms with Gasteiger partial charge in [-0.25, -0.2) is 0 Å². The highest BCUT2D eigenvalue weighted by atomic mass is 32.1. The standard InChI is InChI=1S/C15H21N5O3S/c1-15(2,13-18-19-14(16)24-13)17-12(21)10-7-11(23-9-10)8-20-3-5-22-6-4-20/h7,9H,3-6,8H2,1-2H3,(H2,16,19)(H,17,21). The molecule has 0 bridgehead atoms. The highest BCUT2D eigenvalue weighted by Gasteiger charge is 2.28. The average molecular weight is 351 g/mol. The fourth-order valence-corrected chi connectivity index (χ4v) is 3.13. The van der Waals surface area contributed by atoms with Gasteiger partial charge in [0.1, 0.15) is 17.0 Å². The van der Waals surface area contributed by atoms with Crippen LogP contribution >= 0.6 is 11.3 Å². The van der Waals surface area contributed by atoms with Gasteiger partial charge in [-0.05, 0) is 19.9 Å². The summed E-state index contributed by atoms with van der Waals surface area (Å²) >= 11 is 1.26. The van der Waals surface area contributed by atoms with Gasteiger partial charge in [-0.2, -0.15) is 0 Å². The number of furan rings is 1. The summed E-state index contributed by atoms with van der Waals surface area (Å²) in [5.74, 6) is 0.547. The number of nitrogens with zero attached hydrogens (tertiary/aromatic N) is 3. The minimum Gasteiger partial charge on any atom is -0.467 e. The summed E-state index contributed by atoms with van der Waals surface area (Å²) in [6.45, 7) is 7.59. The molecule has 1 aliphatic heterocycles. The van der Waals surface area contributed by atoms with E-state index in [-0.39, 0.29) is 5.91 Å². The molecule has 3 rings (SSSR count). The zero-order valence-corrected chi connectivity index (χ0v) is 14.6. The van der Waals surface area contributed by atoms with Crippen molar-refractivity contribution in [3.8, 4) is 0 Å². The zero-order valence-electron chi connectivity index (χ0n) is 13.7. The van der Waals surface area contributed by atoms with Crippen molar-refractivity contribution in [3.63, 3.8) is 0 Å². The molecule has 2 aromatic rings. The van der Waals surface area contributed by atoms with Crippen molar-refractivity contribution in [1.29, 1.82) is 0 Å². The molecule has 1 aliphatic rings. The van der Waals surface area contributed by atoms with Gasteiger partial charge in [0.05, 0.1) is 30.9 Å². The van der Waals surface area contributed by atoms with Crippen molar-refractivity contribution in [2.45, 2.75) is 25.9 Å². The van der Waals surface area contributed by atoms with Gasteiger partial charge in [-0.1, -0.05) is 11.3 Å². The number of nitrogens with one attached hydrogen (secondary N) is 1. The number of anilines is 1. The first-order chi connectivity index (χ1) is 11.4. The summed E-state index contributed by atoms with van der Waals surface area (Å²) in [5, 5.41) is 11.8. The molecule has 0 unspecified atom stereocenters. The minimum atomic E-state index is -0.659. The second kappa shape index (κ2) is 6.88. The quantitative estimate of drug-likeness (QED) is 0.834. The molecule has 0 radical (unpaired) electrons. The van der Waals surface area contributed by atoms with E-state index >= 15 is 0 Å². The molecule has 3 N–H and O–H groups in total. The molecule has 0 aliphatic carbocycles. The molecule has 2 aromatic heterocycles. The lowest BCUT2D eigenvalue weighted by Crippen LogP contribution is -2.40. The molecular formula is C15H21N5O3S. The number of amides is 1. The van der Waals surface area contributed by atoms with Crippen molar-refractivity contribution in [2.75, 3.05) is 32.0 Å². The fraction of sp³-hybridized carbons (Fsp3) is 0.533. The summed E-state index contributed by atoms with van der Waals surface area (Å²) < 4.78 is 10.8. The Morgan fingerprint density at radius 2 is 2.17 bits per heavy atom. The van der Waals surface area contributed by atoms with Crippen molar-refractivity contribution in [2.24, 2.45) is 0 Å². The third-order valence-corrected chi connectivity index (χ3v) is 4.88. The number of carbonyl (C=O) groups excluding carboxylic acids is 1. The van der Waals surface area contributed by atoms with Gasteiger partial charge >= 0.3 is 0 Å². The molecule has 1 saturated heterocycles. The zero-order chi connectivity index (χ0) is 17.2. The second-order valence-corrected chi connectivity index (χ2v) is 7.22. The van der Waals surface area contributed by atoms with Crippen molar-refractivity contribution in [3.05, 3.63) is 28.7 Å². The fourth-order valence-electron chi connectivity index (χ4n) is 2.46. The number of carbonyl (C=O) groups is 1. The number of nitrogen functional groups attached to an aromatic ring is 1. The van der Waals surface area contributed by atoms with Crippen LogP contribution in [-0.4, -0.2) is 47.3 Å². The first-order valence-electron chi connectivity index (χ1n) is 7.73. The van der Waals surface area contributed by atoms with Crippen LogP contribution in [0.3, 0.4) is 0 Å².